The van der Waals surface area contributed by atoms with Gasteiger partial charge in [0.1, 0.15) is 0 Å². The zero-order valence-electron chi connectivity index (χ0n) is 16.7. The zero-order chi connectivity index (χ0) is 18.9. The molecule has 0 amide bonds. The average molecular weight is 361 g/mol. The topological polar surface area (TPSA) is 6.48 Å². The van der Waals surface area contributed by atoms with E-state index in [1.165, 1.54) is 23.2 Å². The van der Waals surface area contributed by atoms with Gasteiger partial charge in [0.25, 0.3) is 0 Å². The Kier molecular flexibility index (Phi) is 7.29. The third kappa shape index (κ3) is 5.33. The van der Waals surface area contributed by atoms with Crippen molar-refractivity contribution in [2.24, 2.45) is 0 Å². The molecule has 1 aliphatic rings. The van der Waals surface area contributed by atoms with Crippen LogP contribution < -0.4 is 0 Å². The van der Waals surface area contributed by atoms with Gasteiger partial charge in [-0.3, -0.25) is 4.90 Å². The maximum absolute atomic E-state index is 2.62. The molecule has 1 saturated heterocycles. The van der Waals surface area contributed by atoms with Gasteiger partial charge in [-0.25, -0.2) is 0 Å². The number of benzene rings is 2. The molecule has 0 N–H and O–H groups in total. The van der Waals surface area contributed by atoms with Crippen LogP contribution in [0.5, 0.6) is 0 Å². The van der Waals surface area contributed by atoms with Crippen LogP contribution in [0.2, 0.25) is 0 Å². The highest BCUT2D eigenvalue weighted by molar-refractivity contribution is 5.32. The van der Waals surface area contributed by atoms with Crippen LogP contribution in [-0.2, 0) is 0 Å². The van der Waals surface area contributed by atoms with Crippen molar-refractivity contribution in [1.82, 2.24) is 9.80 Å². The highest BCUT2D eigenvalue weighted by Gasteiger charge is 2.20. The number of hydrogen-bond donors (Lipinski definition) is 0. The molecule has 2 heteroatoms. The van der Waals surface area contributed by atoms with E-state index >= 15 is 0 Å². The maximum atomic E-state index is 2.62. The average Bonchev–Trinajstić information content (AvgIpc) is 2.74. The predicted molar refractivity (Wildman–Crippen MR) is 116 cm³/mol. The van der Waals surface area contributed by atoms with Gasteiger partial charge in [-0.15, -0.1) is 0 Å². The molecule has 1 aliphatic heterocycles. The minimum atomic E-state index is 0.472. The summed E-state index contributed by atoms with van der Waals surface area (Å²) in [4.78, 5) is 5.13. The summed E-state index contributed by atoms with van der Waals surface area (Å²) >= 11 is 0. The first-order valence-electron chi connectivity index (χ1n) is 10.2. The van der Waals surface area contributed by atoms with Crippen LogP contribution in [0, 0.1) is 0 Å². The fraction of sp³-hybridized carbons (Fsp3) is 0.360. The summed E-state index contributed by atoms with van der Waals surface area (Å²) in [7, 11) is 0. The second kappa shape index (κ2) is 10.1. The Bertz CT molecular complexity index is 686. The summed E-state index contributed by atoms with van der Waals surface area (Å²) in [6, 6.07) is 21.9. The first-order valence-corrected chi connectivity index (χ1v) is 10.2. The second-order valence-electron chi connectivity index (χ2n) is 7.20. The molecule has 1 fully saturated rings. The normalized spacial score (nSPS) is 16.4. The molecule has 0 atom stereocenters. The summed E-state index contributed by atoms with van der Waals surface area (Å²) in [5.41, 5.74) is 4.20. The lowest BCUT2D eigenvalue weighted by Crippen LogP contribution is -2.46. The van der Waals surface area contributed by atoms with Crippen molar-refractivity contribution in [3.8, 4) is 0 Å². The first-order chi connectivity index (χ1) is 13.3. The van der Waals surface area contributed by atoms with Crippen LogP contribution in [0.4, 0.5) is 0 Å². The van der Waals surface area contributed by atoms with Crippen molar-refractivity contribution in [3.05, 3.63) is 95.7 Å². The molecule has 0 bridgehead atoms. The number of piperazine rings is 1. The fourth-order valence-corrected chi connectivity index (χ4v) is 3.99. The molecule has 0 radical (unpaired) electrons. The maximum Gasteiger partial charge on any atom is 0.0320 e. The van der Waals surface area contributed by atoms with E-state index in [9.17, 15) is 0 Å². The summed E-state index contributed by atoms with van der Waals surface area (Å²) in [5, 5.41) is 0. The van der Waals surface area contributed by atoms with Gasteiger partial charge >= 0.3 is 0 Å². The molecule has 0 aliphatic carbocycles. The van der Waals surface area contributed by atoms with Gasteiger partial charge in [-0.2, -0.15) is 0 Å². The third-order valence-electron chi connectivity index (χ3n) is 5.51. The van der Waals surface area contributed by atoms with Crippen molar-refractivity contribution in [3.63, 3.8) is 0 Å². The lowest BCUT2D eigenvalue weighted by molar-refractivity contribution is 0.159. The third-order valence-corrected chi connectivity index (χ3v) is 5.51. The Labute approximate surface area is 164 Å². The van der Waals surface area contributed by atoms with E-state index in [2.05, 4.69) is 103 Å². The Morgan fingerprint density at radius 2 is 1.41 bits per heavy atom. The van der Waals surface area contributed by atoms with E-state index in [1.54, 1.807) is 0 Å². The van der Waals surface area contributed by atoms with Crippen LogP contribution in [0.1, 0.15) is 37.3 Å². The van der Waals surface area contributed by atoms with Gasteiger partial charge in [-0.05, 0) is 44.0 Å². The molecular formula is C25H32N2. The van der Waals surface area contributed by atoms with E-state index in [4.69, 9.17) is 0 Å². The quantitative estimate of drug-likeness (QED) is 0.618. The van der Waals surface area contributed by atoms with E-state index in [0.717, 1.165) is 32.7 Å². The Hall–Kier alpha value is -2.32. The standard InChI is InChI=1S/C25H32N2/c1-3-11-24(4-2)27-20-18-26(19-21-27)17-16-25(22-12-7-5-8-13-22)23-14-9-6-10-15-23/h3-15,25H,16-21H2,1-2H3/b11-3-,24-4+. The molecule has 1 heterocycles. The molecule has 0 saturated carbocycles. The molecule has 142 valence electrons. The minimum Gasteiger partial charge on any atom is -0.369 e. The van der Waals surface area contributed by atoms with Gasteiger partial charge in [-0.1, -0.05) is 72.8 Å². The highest BCUT2D eigenvalue weighted by Crippen LogP contribution is 2.28. The van der Waals surface area contributed by atoms with Crippen molar-refractivity contribution < 1.29 is 0 Å². The van der Waals surface area contributed by atoms with Crippen LogP contribution >= 0.6 is 0 Å². The fourth-order valence-electron chi connectivity index (χ4n) is 3.99. The molecule has 3 rings (SSSR count). The Morgan fingerprint density at radius 3 is 1.89 bits per heavy atom. The van der Waals surface area contributed by atoms with E-state index < -0.39 is 0 Å². The smallest absolute Gasteiger partial charge is 0.0320 e. The lowest BCUT2D eigenvalue weighted by atomic mass is 9.88. The summed E-state index contributed by atoms with van der Waals surface area (Å²) in [6.45, 7) is 9.89. The van der Waals surface area contributed by atoms with Crippen LogP contribution in [0.25, 0.3) is 0 Å². The molecule has 27 heavy (non-hydrogen) atoms. The highest BCUT2D eigenvalue weighted by atomic mass is 15.3. The SMILES string of the molecule is C/C=C\C(=C/C)N1CCN(CCC(c2ccccc2)c2ccccc2)CC1. The van der Waals surface area contributed by atoms with Crippen molar-refractivity contribution in [2.45, 2.75) is 26.2 Å². The Balaban J connectivity index is 1.61. The van der Waals surface area contributed by atoms with Crippen molar-refractivity contribution >= 4 is 0 Å². The molecule has 0 spiro atoms. The molecule has 0 unspecified atom stereocenters. The number of hydrogen-bond acceptors (Lipinski definition) is 2. The summed E-state index contributed by atoms with van der Waals surface area (Å²) in [5.74, 6) is 0.472. The van der Waals surface area contributed by atoms with E-state index in [0.29, 0.717) is 5.92 Å². The van der Waals surface area contributed by atoms with Crippen molar-refractivity contribution in [2.75, 3.05) is 32.7 Å². The van der Waals surface area contributed by atoms with Crippen molar-refractivity contribution in [1.29, 1.82) is 0 Å². The van der Waals surface area contributed by atoms with Crippen LogP contribution in [-0.4, -0.2) is 42.5 Å². The van der Waals surface area contributed by atoms with Gasteiger partial charge in [0, 0.05) is 37.8 Å². The number of allylic oxidation sites excluding steroid dienone is 3. The summed E-state index contributed by atoms with van der Waals surface area (Å²) < 4.78 is 0. The van der Waals surface area contributed by atoms with Gasteiger partial charge in [0.2, 0.25) is 0 Å². The molecule has 2 nitrogen and oxygen atoms in total. The second-order valence-corrected chi connectivity index (χ2v) is 7.20. The number of rotatable bonds is 7. The van der Waals surface area contributed by atoms with Gasteiger partial charge in [0.05, 0.1) is 0 Å². The Morgan fingerprint density at radius 1 is 0.852 bits per heavy atom. The van der Waals surface area contributed by atoms with Gasteiger partial charge < -0.3 is 4.90 Å². The lowest BCUT2D eigenvalue weighted by Gasteiger charge is -2.37. The first kappa shape index (κ1) is 19.4. The predicted octanol–water partition coefficient (Wildman–Crippen LogP) is 5.31. The largest absolute Gasteiger partial charge is 0.369 e. The number of nitrogens with zero attached hydrogens (tertiary/aromatic N) is 2. The molecule has 2 aromatic rings. The van der Waals surface area contributed by atoms with Gasteiger partial charge in [0.15, 0.2) is 0 Å². The van der Waals surface area contributed by atoms with E-state index in [1.807, 2.05) is 0 Å². The van der Waals surface area contributed by atoms with Crippen LogP contribution in [0.15, 0.2) is 84.6 Å². The zero-order valence-corrected chi connectivity index (χ0v) is 16.7. The monoisotopic (exact) mass is 360 g/mol. The molecule has 0 aromatic heterocycles. The molecule has 2 aromatic carbocycles. The van der Waals surface area contributed by atoms with E-state index in [-0.39, 0.29) is 0 Å². The molecular weight excluding hydrogens is 328 g/mol. The summed E-state index contributed by atoms with van der Waals surface area (Å²) in [6.07, 6.45) is 7.73. The minimum absolute atomic E-state index is 0.472. The van der Waals surface area contributed by atoms with Crippen LogP contribution in [0.3, 0.4) is 0 Å².